The molecule has 1 aliphatic heterocycles. The Morgan fingerprint density at radius 3 is 2.82 bits per heavy atom. The fourth-order valence-corrected chi connectivity index (χ4v) is 5.97. The second-order valence-electron chi connectivity index (χ2n) is 8.79. The first-order chi connectivity index (χ1) is 16.5. The van der Waals surface area contributed by atoms with Crippen LogP contribution < -0.4 is 5.32 Å². The molecule has 0 saturated carbocycles. The number of nitrogens with one attached hydrogen (secondary N) is 1. The molecule has 1 unspecified atom stereocenters. The topological polar surface area (TPSA) is 82.6 Å². The Hall–Kier alpha value is -2.07. The summed E-state index contributed by atoms with van der Waals surface area (Å²) in [6.45, 7) is 5.91. The average molecular weight is 503 g/mol. The lowest BCUT2D eigenvalue weighted by Crippen LogP contribution is -2.31. The van der Waals surface area contributed by atoms with Gasteiger partial charge in [-0.05, 0) is 58.0 Å². The van der Waals surface area contributed by atoms with Crippen molar-refractivity contribution in [2.24, 2.45) is 0 Å². The van der Waals surface area contributed by atoms with E-state index in [1.54, 1.807) is 23.1 Å². The van der Waals surface area contributed by atoms with E-state index in [2.05, 4.69) is 26.6 Å². The average Bonchev–Trinajstić information content (AvgIpc) is 3.29. The third kappa shape index (κ3) is 8.01. The molecule has 1 atom stereocenters. The van der Waals surface area contributed by atoms with Gasteiger partial charge in [0, 0.05) is 41.4 Å². The SMILES string of the molecule is CC(CCC(=O)NC=O)N(C)Cc1c(C=O)cccc1SCc1nc(CN2CCCCC2)cs1. The molecule has 1 saturated heterocycles. The number of piperidine rings is 1. The highest BCUT2D eigenvalue weighted by atomic mass is 32.2. The van der Waals surface area contributed by atoms with Gasteiger partial charge >= 0.3 is 0 Å². The minimum absolute atomic E-state index is 0.117. The number of amides is 2. The van der Waals surface area contributed by atoms with Gasteiger partial charge in [0.25, 0.3) is 0 Å². The van der Waals surface area contributed by atoms with Gasteiger partial charge in [0.05, 0.1) is 11.4 Å². The minimum atomic E-state index is -0.275. The van der Waals surface area contributed by atoms with Crippen LogP contribution in [0.5, 0.6) is 0 Å². The summed E-state index contributed by atoms with van der Waals surface area (Å²) in [4.78, 5) is 44.3. The Morgan fingerprint density at radius 1 is 1.29 bits per heavy atom. The number of rotatable bonds is 13. The number of carbonyl (C=O) groups excluding carboxylic acids is 3. The number of aromatic nitrogens is 1. The monoisotopic (exact) mass is 502 g/mol. The molecule has 1 aromatic heterocycles. The van der Waals surface area contributed by atoms with Gasteiger partial charge in [-0.25, -0.2) is 4.98 Å². The highest BCUT2D eigenvalue weighted by Crippen LogP contribution is 2.30. The zero-order chi connectivity index (χ0) is 24.3. The molecular formula is C25H34N4O3S2. The molecule has 9 heteroatoms. The molecule has 1 fully saturated rings. The molecule has 2 heterocycles. The molecule has 3 rings (SSSR count). The number of hydrogen-bond acceptors (Lipinski definition) is 8. The number of benzene rings is 1. The number of hydrogen-bond donors (Lipinski definition) is 1. The summed E-state index contributed by atoms with van der Waals surface area (Å²) in [6, 6.07) is 5.95. The van der Waals surface area contributed by atoms with Gasteiger partial charge in [-0.2, -0.15) is 0 Å². The van der Waals surface area contributed by atoms with Crippen molar-refractivity contribution in [3.63, 3.8) is 0 Å². The molecular weight excluding hydrogens is 468 g/mol. The summed E-state index contributed by atoms with van der Waals surface area (Å²) in [5.74, 6) is 0.494. The van der Waals surface area contributed by atoms with Crippen molar-refractivity contribution in [2.45, 2.75) is 68.8 Å². The third-order valence-corrected chi connectivity index (χ3v) is 8.44. The first-order valence-corrected chi connectivity index (χ1v) is 13.7. The van der Waals surface area contributed by atoms with E-state index < -0.39 is 0 Å². The molecule has 1 N–H and O–H groups in total. The summed E-state index contributed by atoms with van der Waals surface area (Å²) in [5, 5.41) is 5.45. The molecule has 1 aliphatic rings. The highest BCUT2D eigenvalue weighted by Gasteiger charge is 2.17. The van der Waals surface area contributed by atoms with Crippen LogP contribution >= 0.6 is 23.1 Å². The smallest absolute Gasteiger partial charge is 0.226 e. The van der Waals surface area contributed by atoms with E-state index in [0.29, 0.717) is 24.9 Å². The lowest BCUT2D eigenvalue weighted by molar-refractivity contribution is -0.125. The zero-order valence-corrected chi connectivity index (χ0v) is 21.6. The Morgan fingerprint density at radius 2 is 2.09 bits per heavy atom. The lowest BCUT2D eigenvalue weighted by atomic mass is 10.1. The van der Waals surface area contributed by atoms with Gasteiger partial charge < -0.3 is 0 Å². The Balaban J connectivity index is 1.60. The molecule has 0 radical (unpaired) electrons. The normalized spacial score (nSPS) is 15.3. The second kappa shape index (κ2) is 13.7. The molecule has 34 heavy (non-hydrogen) atoms. The van der Waals surface area contributed by atoms with E-state index in [-0.39, 0.29) is 18.4 Å². The highest BCUT2D eigenvalue weighted by molar-refractivity contribution is 7.98. The van der Waals surface area contributed by atoms with Crippen LogP contribution in [0.15, 0.2) is 28.5 Å². The Kier molecular flexibility index (Phi) is 10.7. The van der Waals surface area contributed by atoms with Crippen molar-refractivity contribution in [1.29, 1.82) is 0 Å². The van der Waals surface area contributed by atoms with Gasteiger partial charge in [0.15, 0.2) is 0 Å². The quantitative estimate of drug-likeness (QED) is 0.326. The van der Waals surface area contributed by atoms with Crippen LogP contribution in [0.4, 0.5) is 0 Å². The van der Waals surface area contributed by atoms with Crippen LogP contribution in [-0.2, 0) is 28.4 Å². The number of imide groups is 1. The summed E-state index contributed by atoms with van der Waals surface area (Å²) >= 11 is 3.42. The maximum absolute atomic E-state index is 11.8. The van der Waals surface area contributed by atoms with Crippen LogP contribution in [0, 0.1) is 0 Å². The summed E-state index contributed by atoms with van der Waals surface area (Å²) in [7, 11) is 1.99. The molecule has 7 nitrogen and oxygen atoms in total. The van der Waals surface area contributed by atoms with Crippen LogP contribution in [0.25, 0.3) is 0 Å². The number of carbonyl (C=O) groups is 3. The molecule has 0 spiro atoms. The van der Waals surface area contributed by atoms with Crippen molar-refractivity contribution < 1.29 is 14.4 Å². The predicted molar refractivity (Wildman–Crippen MR) is 137 cm³/mol. The standard InChI is InChI=1S/C25H34N4O3S2/c1-19(9-10-24(32)26-18-31)28(2)14-22-20(15-30)7-6-8-23(22)33-17-25-27-21(16-34-25)13-29-11-4-3-5-12-29/h6-8,15-16,18-19H,3-5,9-14,17H2,1-2H3,(H,26,31,32). The van der Waals surface area contributed by atoms with Crippen molar-refractivity contribution >= 4 is 41.7 Å². The van der Waals surface area contributed by atoms with Crippen LogP contribution in [0.1, 0.15) is 65.7 Å². The predicted octanol–water partition coefficient (Wildman–Crippen LogP) is 4.11. The number of nitrogens with zero attached hydrogens (tertiary/aromatic N) is 3. The molecule has 184 valence electrons. The summed E-state index contributed by atoms with van der Waals surface area (Å²) in [6.07, 6.45) is 6.13. The first kappa shape index (κ1) is 26.5. The maximum Gasteiger partial charge on any atom is 0.226 e. The van der Waals surface area contributed by atoms with E-state index in [4.69, 9.17) is 4.98 Å². The maximum atomic E-state index is 11.8. The fourth-order valence-electron chi connectivity index (χ4n) is 4.07. The molecule has 2 aromatic rings. The first-order valence-electron chi connectivity index (χ1n) is 11.8. The van der Waals surface area contributed by atoms with Gasteiger partial charge in [0.1, 0.15) is 11.3 Å². The van der Waals surface area contributed by atoms with Gasteiger partial charge in [-0.3, -0.25) is 29.5 Å². The van der Waals surface area contributed by atoms with Gasteiger partial charge in [-0.15, -0.1) is 23.1 Å². The number of aldehydes is 1. The largest absolute Gasteiger partial charge is 0.299 e. The second-order valence-corrected chi connectivity index (χ2v) is 10.7. The minimum Gasteiger partial charge on any atom is -0.299 e. The summed E-state index contributed by atoms with van der Waals surface area (Å²) in [5.41, 5.74) is 2.84. The summed E-state index contributed by atoms with van der Waals surface area (Å²) < 4.78 is 0. The van der Waals surface area contributed by atoms with Gasteiger partial charge in [0.2, 0.25) is 12.3 Å². The Bertz CT molecular complexity index is 959. The van der Waals surface area contributed by atoms with Crippen molar-refractivity contribution in [1.82, 2.24) is 20.1 Å². The molecule has 0 aliphatic carbocycles. The number of thiazole rings is 1. The zero-order valence-electron chi connectivity index (χ0n) is 20.0. The fraction of sp³-hybridized carbons (Fsp3) is 0.520. The molecule has 1 aromatic carbocycles. The van der Waals surface area contributed by atoms with Crippen LogP contribution in [0.2, 0.25) is 0 Å². The van der Waals surface area contributed by atoms with E-state index in [0.717, 1.165) is 52.8 Å². The lowest BCUT2D eigenvalue weighted by Gasteiger charge is -2.26. The number of thioether (sulfide) groups is 1. The van der Waals surface area contributed by atoms with Crippen LogP contribution in [-0.4, -0.2) is 59.6 Å². The van der Waals surface area contributed by atoms with Gasteiger partial charge in [-0.1, -0.05) is 18.6 Å². The third-order valence-electron chi connectivity index (χ3n) is 6.25. The van der Waals surface area contributed by atoms with E-state index in [1.165, 1.54) is 19.3 Å². The van der Waals surface area contributed by atoms with Crippen molar-refractivity contribution in [3.8, 4) is 0 Å². The molecule has 0 bridgehead atoms. The van der Waals surface area contributed by atoms with Crippen molar-refractivity contribution in [2.75, 3.05) is 20.1 Å². The van der Waals surface area contributed by atoms with E-state index >= 15 is 0 Å². The van der Waals surface area contributed by atoms with E-state index in [9.17, 15) is 14.4 Å². The number of likely N-dealkylation sites (tertiary alicyclic amines) is 1. The van der Waals surface area contributed by atoms with Crippen molar-refractivity contribution in [3.05, 3.63) is 45.4 Å². The molecule has 2 amide bonds. The van der Waals surface area contributed by atoms with E-state index in [1.807, 2.05) is 26.1 Å². The van der Waals surface area contributed by atoms with Crippen LogP contribution in [0.3, 0.4) is 0 Å². The Labute approximate surface area is 210 Å².